The lowest BCUT2D eigenvalue weighted by Crippen LogP contribution is -2.55. The molecular formula is C30H47NO7. The van der Waals surface area contributed by atoms with Crippen molar-refractivity contribution in [1.82, 2.24) is 0 Å². The number of rotatable bonds is 21. The number of likely N-dealkylation sites (N-methyl/N-ethyl adjacent to an activating group) is 1. The van der Waals surface area contributed by atoms with E-state index in [1.807, 2.05) is 12.2 Å². The summed E-state index contributed by atoms with van der Waals surface area (Å²) < 4.78 is 16.1. The van der Waals surface area contributed by atoms with Crippen molar-refractivity contribution in [3.8, 4) is 0 Å². The summed E-state index contributed by atoms with van der Waals surface area (Å²) in [5.41, 5.74) is 0. The van der Waals surface area contributed by atoms with Crippen LogP contribution in [0.15, 0.2) is 60.8 Å². The molecule has 0 aliphatic rings. The molecule has 0 aliphatic carbocycles. The molecule has 2 atom stereocenters. The van der Waals surface area contributed by atoms with Crippen molar-refractivity contribution in [3.05, 3.63) is 60.8 Å². The zero-order valence-electron chi connectivity index (χ0n) is 23.8. The quantitative estimate of drug-likeness (QED) is 0.0956. The third-order valence-electron chi connectivity index (χ3n) is 5.26. The fourth-order valence-corrected chi connectivity index (χ4v) is 3.22. The summed E-state index contributed by atoms with van der Waals surface area (Å²) in [6, 6.07) is -0.736. The molecule has 8 heteroatoms. The van der Waals surface area contributed by atoms with Crippen LogP contribution < -0.4 is 5.11 Å². The van der Waals surface area contributed by atoms with Crippen LogP contribution in [0.3, 0.4) is 0 Å². The standard InChI is InChI=1S/C30H47NO7/c1-6-7-8-9-10-11-12-13-14-15-16-17-18-19-20-21-29(33)38-27(25-37-26(2)32)24-36-23-22-28(30(34)35)31(3,4)5/h7-8,10-11,13-14,16-17,19-20,27-28H,6,9,12,15,18,21-25H2,1-5H3/b8-7-,11-10-,14-13-,17-16-,20-19-. The summed E-state index contributed by atoms with van der Waals surface area (Å²) in [5.74, 6) is -2.11. The number of aliphatic carboxylic acids is 1. The van der Waals surface area contributed by atoms with Gasteiger partial charge in [0.2, 0.25) is 0 Å². The van der Waals surface area contributed by atoms with Crippen LogP contribution in [0.1, 0.15) is 58.8 Å². The topological polar surface area (TPSA) is 102 Å². The highest BCUT2D eigenvalue weighted by atomic mass is 16.6. The summed E-state index contributed by atoms with van der Waals surface area (Å²) in [5, 5.41) is 11.4. The summed E-state index contributed by atoms with van der Waals surface area (Å²) in [6.07, 6.45) is 24.7. The van der Waals surface area contributed by atoms with Crippen LogP contribution in [-0.4, -0.2) is 75.5 Å². The van der Waals surface area contributed by atoms with Crippen molar-refractivity contribution in [2.45, 2.75) is 70.9 Å². The normalized spacial score (nSPS) is 14.2. The molecule has 2 unspecified atom stereocenters. The predicted molar refractivity (Wildman–Crippen MR) is 148 cm³/mol. The summed E-state index contributed by atoms with van der Waals surface area (Å²) in [4.78, 5) is 34.7. The van der Waals surface area contributed by atoms with Gasteiger partial charge in [-0.15, -0.1) is 0 Å². The minimum atomic E-state index is -1.15. The highest BCUT2D eigenvalue weighted by Gasteiger charge is 2.25. The molecule has 0 N–H and O–H groups in total. The number of carbonyl (C=O) groups excluding carboxylic acids is 3. The Morgan fingerprint density at radius 2 is 1.29 bits per heavy atom. The van der Waals surface area contributed by atoms with Gasteiger partial charge in [0, 0.05) is 13.3 Å². The van der Waals surface area contributed by atoms with Crippen molar-refractivity contribution in [2.24, 2.45) is 0 Å². The van der Waals surface area contributed by atoms with Gasteiger partial charge in [-0.05, 0) is 32.1 Å². The Morgan fingerprint density at radius 3 is 1.74 bits per heavy atom. The molecular weight excluding hydrogens is 486 g/mol. The molecule has 38 heavy (non-hydrogen) atoms. The Bertz CT molecular complexity index is 819. The molecule has 0 heterocycles. The van der Waals surface area contributed by atoms with Crippen LogP contribution in [-0.2, 0) is 28.6 Å². The van der Waals surface area contributed by atoms with E-state index in [1.165, 1.54) is 6.92 Å². The average molecular weight is 534 g/mol. The summed E-state index contributed by atoms with van der Waals surface area (Å²) >= 11 is 0. The van der Waals surface area contributed by atoms with E-state index in [4.69, 9.17) is 14.2 Å². The van der Waals surface area contributed by atoms with Gasteiger partial charge in [0.1, 0.15) is 12.6 Å². The van der Waals surface area contributed by atoms with E-state index in [0.717, 1.165) is 25.7 Å². The predicted octanol–water partition coefficient (Wildman–Crippen LogP) is 3.83. The third kappa shape index (κ3) is 21.1. The maximum atomic E-state index is 12.2. The number of carboxylic acid groups (broad SMARTS) is 1. The molecule has 0 aliphatic heterocycles. The lowest BCUT2D eigenvalue weighted by Gasteiger charge is -2.34. The number of allylic oxidation sites excluding steroid dienone is 9. The molecule has 214 valence electrons. The molecule has 0 aromatic rings. The molecule has 0 spiro atoms. The third-order valence-corrected chi connectivity index (χ3v) is 5.26. The van der Waals surface area contributed by atoms with Gasteiger partial charge in [0.15, 0.2) is 6.10 Å². The number of nitrogens with zero attached hydrogens (tertiary/aromatic N) is 1. The monoisotopic (exact) mass is 533 g/mol. The second-order valence-corrected chi connectivity index (χ2v) is 9.64. The number of ether oxygens (including phenoxy) is 3. The maximum absolute atomic E-state index is 12.2. The van der Waals surface area contributed by atoms with E-state index in [-0.39, 0.29) is 37.1 Å². The van der Waals surface area contributed by atoms with E-state index in [9.17, 15) is 19.5 Å². The highest BCUT2D eigenvalue weighted by Crippen LogP contribution is 2.08. The van der Waals surface area contributed by atoms with Gasteiger partial charge in [-0.1, -0.05) is 67.7 Å². The molecule has 0 rings (SSSR count). The maximum Gasteiger partial charge on any atom is 0.310 e. The van der Waals surface area contributed by atoms with Crippen LogP contribution in [0.4, 0.5) is 0 Å². The molecule has 0 aromatic heterocycles. The smallest absolute Gasteiger partial charge is 0.310 e. The molecule has 0 aromatic carbocycles. The molecule has 8 nitrogen and oxygen atoms in total. The van der Waals surface area contributed by atoms with Crippen LogP contribution in [0.5, 0.6) is 0 Å². The lowest BCUT2D eigenvalue weighted by atomic mass is 10.1. The van der Waals surface area contributed by atoms with Crippen molar-refractivity contribution in [1.29, 1.82) is 0 Å². The number of quaternary nitrogens is 1. The first-order valence-electron chi connectivity index (χ1n) is 13.2. The van der Waals surface area contributed by atoms with Crippen molar-refractivity contribution in [3.63, 3.8) is 0 Å². The van der Waals surface area contributed by atoms with E-state index in [2.05, 4.69) is 49.5 Å². The largest absolute Gasteiger partial charge is 0.544 e. The zero-order valence-corrected chi connectivity index (χ0v) is 23.8. The average Bonchev–Trinajstić information content (AvgIpc) is 2.83. The number of esters is 2. The van der Waals surface area contributed by atoms with Gasteiger partial charge in [0.25, 0.3) is 0 Å². The Morgan fingerprint density at radius 1 is 0.789 bits per heavy atom. The van der Waals surface area contributed by atoms with Crippen molar-refractivity contribution >= 4 is 17.9 Å². The summed E-state index contributed by atoms with van der Waals surface area (Å²) in [6.45, 7) is 3.38. The molecule has 0 saturated heterocycles. The molecule has 0 bridgehead atoms. The van der Waals surface area contributed by atoms with Crippen molar-refractivity contribution < 1.29 is 38.2 Å². The Hall–Kier alpha value is -2.97. The highest BCUT2D eigenvalue weighted by molar-refractivity contribution is 5.71. The van der Waals surface area contributed by atoms with Crippen molar-refractivity contribution in [2.75, 3.05) is 41.0 Å². The Balaban J connectivity index is 4.33. The van der Waals surface area contributed by atoms with Crippen LogP contribution in [0, 0.1) is 0 Å². The zero-order chi connectivity index (χ0) is 28.7. The number of hydrogen-bond donors (Lipinski definition) is 0. The van der Waals surface area contributed by atoms with Gasteiger partial charge >= 0.3 is 11.9 Å². The minimum absolute atomic E-state index is 0.0123. The van der Waals surface area contributed by atoms with Crippen LogP contribution >= 0.6 is 0 Å². The molecule has 0 saturated carbocycles. The fourth-order valence-electron chi connectivity index (χ4n) is 3.22. The minimum Gasteiger partial charge on any atom is -0.544 e. The van der Waals surface area contributed by atoms with Crippen LogP contribution in [0.2, 0.25) is 0 Å². The molecule has 0 amide bonds. The van der Waals surface area contributed by atoms with E-state index in [1.54, 1.807) is 27.2 Å². The SMILES string of the molecule is CC/C=C\C/C=C\C/C=C\C/C=C\C/C=C\CC(=O)OC(COCCC(C(=O)[O-])[N+](C)(C)C)COC(C)=O. The van der Waals surface area contributed by atoms with E-state index < -0.39 is 30.1 Å². The number of carbonyl (C=O) groups is 3. The Kier molecular flexibility index (Phi) is 20.3. The second kappa shape index (κ2) is 22.1. The summed E-state index contributed by atoms with van der Waals surface area (Å²) in [7, 11) is 5.29. The number of carboxylic acids is 1. The lowest BCUT2D eigenvalue weighted by molar-refractivity contribution is -0.889. The van der Waals surface area contributed by atoms with E-state index >= 15 is 0 Å². The van der Waals surface area contributed by atoms with Gasteiger partial charge in [0.05, 0.1) is 46.7 Å². The first kappa shape index (κ1) is 35.0. The fraction of sp³-hybridized carbons (Fsp3) is 0.567. The second-order valence-electron chi connectivity index (χ2n) is 9.64. The van der Waals surface area contributed by atoms with Gasteiger partial charge < -0.3 is 28.6 Å². The first-order chi connectivity index (χ1) is 18.1. The van der Waals surface area contributed by atoms with Gasteiger partial charge in [-0.25, -0.2) is 0 Å². The van der Waals surface area contributed by atoms with E-state index in [0.29, 0.717) is 6.42 Å². The van der Waals surface area contributed by atoms with Crippen LogP contribution in [0.25, 0.3) is 0 Å². The molecule has 0 radical (unpaired) electrons. The Labute approximate surface area is 228 Å². The number of hydrogen-bond acceptors (Lipinski definition) is 7. The van der Waals surface area contributed by atoms with Gasteiger partial charge in [-0.3, -0.25) is 9.59 Å². The first-order valence-corrected chi connectivity index (χ1v) is 13.2. The molecule has 0 fully saturated rings. The van der Waals surface area contributed by atoms with Gasteiger partial charge in [-0.2, -0.15) is 0 Å².